The first-order valence-corrected chi connectivity index (χ1v) is 8.33. The molecule has 132 valence electrons. The smallest absolute Gasteiger partial charge is 0.254 e. The van der Waals surface area contributed by atoms with Crippen LogP contribution in [0.5, 0.6) is 0 Å². The molecule has 0 aliphatic carbocycles. The highest BCUT2D eigenvalue weighted by Crippen LogP contribution is 2.13. The lowest BCUT2D eigenvalue weighted by molar-refractivity contribution is 0.0949. The molecule has 2 heterocycles. The number of hydrogen-bond donors (Lipinski definition) is 1. The van der Waals surface area contributed by atoms with Crippen LogP contribution in [0.2, 0.25) is 0 Å². The number of carbonyl (C=O) groups is 1. The number of rotatable bonds is 4. The highest BCUT2D eigenvalue weighted by Gasteiger charge is 2.18. The van der Waals surface area contributed by atoms with Gasteiger partial charge in [-0.1, -0.05) is 12.1 Å². The molecule has 1 amide bonds. The van der Waals surface area contributed by atoms with Crippen LogP contribution in [-0.2, 0) is 6.54 Å². The number of nitrogens with zero attached hydrogens (tertiary/aromatic N) is 4. The zero-order valence-electron chi connectivity index (χ0n) is 14.5. The topological polar surface area (TPSA) is 61.4 Å². The van der Waals surface area contributed by atoms with E-state index in [0.29, 0.717) is 23.8 Å². The Kier molecular flexibility index (Phi) is 5.23. The summed E-state index contributed by atoms with van der Waals surface area (Å²) < 4.78 is 12.9. The first-order chi connectivity index (χ1) is 12.0. The van der Waals surface area contributed by atoms with Crippen LogP contribution in [0, 0.1) is 12.7 Å². The van der Waals surface area contributed by atoms with Crippen LogP contribution >= 0.6 is 0 Å². The van der Waals surface area contributed by atoms with Gasteiger partial charge in [0.15, 0.2) is 0 Å². The molecular formula is C18H22FN5O. The number of nitrogens with one attached hydrogen (secondary N) is 1. The maximum absolute atomic E-state index is 12.9. The first kappa shape index (κ1) is 17.3. The average molecular weight is 343 g/mol. The van der Waals surface area contributed by atoms with Gasteiger partial charge in [-0.05, 0) is 31.7 Å². The number of benzene rings is 1. The van der Waals surface area contributed by atoms with Crippen molar-refractivity contribution in [2.45, 2.75) is 13.5 Å². The number of aryl methyl sites for hydroxylation is 1. The Morgan fingerprint density at radius 3 is 2.52 bits per heavy atom. The van der Waals surface area contributed by atoms with Gasteiger partial charge in [-0.25, -0.2) is 14.4 Å². The van der Waals surface area contributed by atoms with Gasteiger partial charge in [-0.3, -0.25) is 4.79 Å². The summed E-state index contributed by atoms with van der Waals surface area (Å²) in [6.45, 7) is 5.86. The molecule has 0 spiro atoms. The Hall–Kier alpha value is -2.54. The number of likely N-dealkylation sites (N-methyl/N-ethyl adjacent to an activating group) is 1. The zero-order chi connectivity index (χ0) is 17.8. The van der Waals surface area contributed by atoms with Crippen molar-refractivity contribution in [1.82, 2.24) is 20.2 Å². The SMILES string of the molecule is Cc1nc(N2CCN(C)CC2)ncc1C(=O)NCc1ccc(F)cc1. The lowest BCUT2D eigenvalue weighted by atomic mass is 10.2. The molecule has 1 aromatic heterocycles. The highest BCUT2D eigenvalue weighted by atomic mass is 19.1. The van der Waals surface area contributed by atoms with E-state index in [1.807, 2.05) is 6.92 Å². The minimum atomic E-state index is -0.293. The fourth-order valence-electron chi connectivity index (χ4n) is 2.72. The van der Waals surface area contributed by atoms with Gasteiger partial charge in [0, 0.05) is 38.9 Å². The molecule has 0 radical (unpaired) electrons. The summed E-state index contributed by atoms with van der Waals surface area (Å²) in [6.07, 6.45) is 1.58. The van der Waals surface area contributed by atoms with E-state index in [-0.39, 0.29) is 11.7 Å². The molecule has 0 atom stereocenters. The van der Waals surface area contributed by atoms with Crippen LogP contribution < -0.4 is 10.2 Å². The quantitative estimate of drug-likeness (QED) is 0.914. The molecule has 3 rings (SSSR count). The van der Waals surface area contributed by atoms with E-state index in [2.05, 4.69) is 32.1 Å². The molecule has 7 heteroatoms. The van der Waals surface area contributed by atoms with Crippen molar-refractivity contribution in [3.05, 3.63) is 53.1 Å². The minimum absolute atomic E-state index is 0.230. The van der Waals surface area contributed by atoms with E-state index >= 15 is 0 Å². The van der Waals surface area contributed by atoms with Crippen LogP contribution in [0.4, 0.5) is 10.3 Å². The van der Waals surface area contributed by atoms with Gasteiger partial charge in [0.25, 0.3) is 5.91 Å². The van der Waals surface area contributed by atoms with Crippen LogP contribution in [0.15, 0.2) is 30.5 Å². The number of anilines is 1. The molecular weight excluding hydrogens is 321 g/mol. The lowest BCUT2D eigenvalue weighted by Crippen LogP contribution is -2.45. The summed E-state index contributed by atoms with van der Waals surface area (Å²) in [6, 6.07) is 6.05. The molecule has 1 aliphatic heterocycles. The predicted molar refractivity (Wildman–Crippen MR) is 94.0 cm³/mol. The first-order valence-electron chi connectivity index (χ1n) is 8.33. The summed E-state index contributed by atoms with van der Waals surface area (Å²) in [4.78, 5) is 25.6. The number of piperazine rings is 1. The second-order valence-electron chi connectivity index (χ2n) is 6.27. The number of aromatic nitrogens is 2. The molecule has 1 aromatic carbocycles. The Balaban J connectivity index is 1.63. The van der Waals surface area contributed by atoms with Gasteiger partial charge < -0.3 is 15.1 Å². The second-order valence-corrected chi connectivity index (χ2v) is 6.27. The summed E-state index contributed by atoms with van der Waals surface area (Å²) in [5.41, 5.74) is 1.95. The second kappa shape index (κ2) is 7.57. The largest absolute Gasteiger partial charge is 0.348 e. The number of hydrogen-bond acceptors (Lipinski definition) is 5. The van der Waals surface area contributed by atoms with Gasteiger partial charge in [0.05, 0.1) is 11.3 Å². The normalized spacial score (nSPS) is 15.2. The van der Waals surface area contributed by atoms with E-state index in [0.717, 1.165) is 31.7 Å². The summed E-state index contributed by atoms with van der Waals surface area (Å²) in [5.74, 6) is 0.145. The van der Waals surface area contributed by atoms with Crippen molar-refractivity contribution in [2.75, 3.05) is 38.1 Å². The van der Waals surface area contributed by atoms with Crippen molar-refractivity contribution >= 4 is 11.9 Å². The van der Waals surface area contributed by atoms with Crippen molar-refractivity contribution in [3.8, 4) is 0 Å². The number of halogens is 1. The molecule has 2 aromatic rings. The third kappa shape index (κ3) is 4.30. The number of carbonyl (C=O) groups excluding carboxylic acids is 1. The minimum Gasteiger partial charge on any atom is -0.348 e. The third-order valence-corrected chi connectivity index (χ3v) is 4.36. The summed E-state index contributed by atoms with van der Waals surface area (Å²) >= 11 is 0. The van der Waals surface area contributed by atoms with E-state index in [1.54, 1.807) is 18.3 Å². The van der Waals surface area contributed by atoms with Gasteiger partial charge in [0.1, 0.15) is 5.82 Å². The average Bonchev–Trinajstić information content (AvgIpc) is 2.61. The fraction of sp³-hybridized carbons (Fsp3) is 0.389. The lowest BCUT2D eigenvalue weighted by Gasteiger charge is -2.32. The van der Waals surface area contributed by atoms with Crippen LogP contribution in [-0.4, -0.2) is 54.0 Å². The monoisotopic (exact) mass is 343 g/mol. The van der Waals surface area contributed by atoms with Crippen molar-refractivity contribution < 1.29 is 9.18 Å². The molecule has 6 nitrogen and oxygen atoms in total. The molecule has 1 aliphatic rings. The standard InChI is InChI=1S/C18H22FN5O/c1-13-16(17(25)20-11-14-3-5-15(19)6-4-14)12-21-18(22-13)24-9-7-23(2)8-10-24/h3-6,12H,7-11H2,1-2H3,(H,20,25). The Morgan fingerprint density at radius 2 is 1.88 bits per heavy atom. The molecule has 0 saturated carbocycles. The van der Waals surface area contributed by atoms with E-state index in [4.69, 9.17) is 0 Å². The fourth-order valence-corrected chi connectivity index (χ4v) is 2.72. The van der Waals surface area contributed by atoms with Crippen LogP contribution in [0.1, 0.15) is 21.6 Å². The van der Waals surface area contributed by atoms with E-state index in [1.165, 1.54) is 12.1 Å². The molecule has 0 bridgehead atoms. The third-order valence-electron chi connectivity index (χ3n) is 4.36. The van der Waals surface area contributed by atoms with Gasteiger partial charge in [-0.15, -0.1) is 0 Å². The number of amides is 1. The van der Waals surface area contributed by atoms with Crippen molar-refractivity contribution in [3.63, 3.8) is 0 Å². The predicted octanol–water partition coefficient (Wildman–Crippen LogP) is 1.61. The zero-order valence-corrected chi connectivity index (χ0v) is 14.5. The van der Waals surface area contributed by atoms with Crippen LogP contribution in [0.3, 0.4) is 0 Å². The Bertz CT molecular complexity index is 742. The van der Waals surface area contributed by atoms with Gasteiger partial charge >= 0.3 is 0 Å². The van der Waals surface area contributed by atoms with Gasteiger partial charge in [-0.2, -0.15) is 0 Å². The molecule has 0 unspecified atom stereocenters. The Morgan fingerprint density at radius 1 is 1.20 bits per heavy atom. The van der Waals surface area contributed by atoms with Gasteiger partial charge in [0.2, 0.25) is 5.95 Å². The van der Waals surface area contributed by atoms with E-state index in [9.17, 15) is 9.18 Å². The maximum Gasteiger partial charge on any atom is 0.254 e. The summed E-state index contributed by atoms with van der Waals surface area (Å²) in [5, 5.41) is 2.82. The molecule has 1 N–H and O–H groups in total. The van der Waals surface area contributed by atoms with Crippen molar-refractivity contribution in [1.29, 1.82) is 0 Å². The van der Waals surface area contributed by atoms with Crippen molar-refractivity contribution in [2.24, 2.45) is 0 Å². The highest BCUT2D eigenvalue weighted by molar-refractivity contribution is 5.94. The molecule has 25 heavy (non-hydrogen) atoms. The molecule has 1 fully saturated rings. The van der Waals surface area contributed by atoms with Crippen LogP contribution in [0.25, 0.3) is 0 Å². The van der Waals surface area contributed by atoms with E-state index < -0.39 is 0 Å². The summed E-state index contributed by atoms with van der Waals surface area (Å²) in [7, 11) is 2.10. The maximum atomic E-state index is 12.9. The molecule has 1 saturated heterocycles. The Labute approximate surface area is 146 Å².